The molecule has 5 nitrogen and oxygen atoms in total. The van der Waals surface area contributed by atoms with E-state index >= 15 is 0 Å². The van der Waals surface area contributed by atoms with Gasteiger partial charge < -0.3 is 15.1 Å². The second-order valence-electron chi connectivity index (χ2n) is 7.77. The molecule has 28 heavy (non-hydrogen) atoms. The topological polar surface area (TPSA) is 69.5 Å². The molecule has 1 fully saturated rings. The van der Waals surface area contributed by atoms with Crippen LogP contribution in [-0.2, 0) is 12.6 Å². The van der Waals surface area contributed by atoms with E-state index in [1.165, 1.54) is 6.92 Å². The van der Waals surface area contributed by atoms with Gasteiger partial charge in [0.15, 0.2) is 5.82 Å². The molecule has 0 amide bonds. The fraction of sp³-hybridized carbons (Fsp3) is 0.474. The van der Waals surface area contributed by atoms with Crippen molar-refractivity contribution < 1.29 is 23.4 Å². The van der Waals surface area contributed by atoms with E-state index in [1.54, 1.807) is 6.07 Å². The third-order valence-electron chi connectivity index (χ3n) is 5.43. The average molecular weight is 416 g/mol. The molecule has 2 aliphatic rings. The Morgan fingerprint density at radius 3 is 2.43 bits per heavy atom. The standard InChI is InChI=1S/C19H20F3N3O2.ClH/c1-10-5-12(19(20,21)22)7-15(26)16(10)14-6-11-3-4-25(17(11)24-23-14)13-8-18(2,27)9-13;/h5-7,13,26-27H,3-4,8-9H2,1-2H3;1H. The van der Waals surface area contributed by atoms with Crippen LogP contribution < -0.4 is 4.90 Å². The van der Waals surface area contributed by atoms with E-state index < -0.39 is 23.1 Å². The van der Waals surface area contributed by atoms with Crippen LogP contribution in [-0.4, -0.2) is 38.6 Å². The molecule has 1 aromatic carbocycles. The number of anilines is 1. The molecule has 0 bridgehead atoms. The monoisotopic (exact) mass is 415 g/mol. The molecule has 0 unspecified atom stereocenters. The second-order valence-corrected chi connectivity index (χ2v) is 7.77. The molecule has 2 N–H and O–H groups in total. The van der Waals surface area contributed by atoms with Crippen molar-refractivity contribution in [3.05, 3.63) is 34.9 Å². The van der Waals surface area contributed by atoms with Gasteiger partial charge in [0.2, 0.25) is 0 Å². The summed E-state index contributed by atoms with van der Waals surface area (Å²) >= 11 is 0. The van der Waals surface area contributed by atoms with Crippen molar-refractivity contribution in [2.75, 3.05) is 11.4 Å². The number of aliphatic hydroxyl groups is 1. The maximum absolute atomic E-state index is 12.9. The summed E-state index contributed by atoms with van der Waals surface area (Å²) in [7, 11) is 0. The number of halogens is 4. The number of aryl methyl sites for hydroxylation is 1. The highest BCUT2D eigenvalue weighted by molar-refractivity contribution is 5.85. The fourth-order valence-electron chi connectivity index (χ4n) is 4.12. The Kier molecular flexibility index (Phi) is 5.00. The van der Waals surface area contributed by atoms with Crippen LogP contribution in [0.1, 0.15) is 36.5 Å². The minimum absolute atomic E-state index is 0. The highest BCUT2D eigenvalue weighted by Gasteiger charge is 2.44. The summed E-state index contributed by atoms with van der Waals surface area (Å²) in [4.78, 5) is 2.13. The van der Waals surface area contributed by atoms with Crippen LogP contribution >= 0.6 is 12.4 Å². The van der Waals surface area contributed by atoms with Crippen LogP contribution in [0.15, 0.2) is 18.2 Å². The zero-order chi connectivity index (χ0) is 19.6. The first-order chi connectivity index (χ1) is 12.5. The maximum atomic E-state index is 12.9. The van der Waals surface area contributed by atoms with Gasteiger partial charge in [-0.2, -0.15) is 13.2 Å². The van der Waals surface area contributed by atoms with Gasteiger partial charge in [0.25, 0.3) is 0 Å². The van der Waals surface area contributed by atoms with E-state index in [-0.39, 0.29) is 24.0 Å². The van der Waals surface area contributed by atoms with Crippen LogP contribution in [0, 0.1) is 6.92 Å². The van der Waals surface area contributed by atoms with Gasteiger partial charge in [-0.15, -0.1) is 22.6 Å². The summed E-state index contributed by atoms with van der Waals surface area (Å²) in [6.45, 7) is 4.10. The van der Waals surface area contributed by atoms with Gasteiger partial charge in [-0.1, -0.05) is 0 Å². The molecule has 1 saturated carbocycles. The lowest BCUT2D eigenvalue weighted by Crippen LogP contribution is -2.53. The molecule has 4 rings (SSSR count). The molecule has 1 aromatic heterocycles. The van der Waals surface area contributed by atoms with Gasteiger partial charge in [0, 0.05) is 23.7 Å². The number of aromatic nitrogens is 2. The highest BCUT2D eigenvalue weighted by Crippen LogP contribution is 2.42. The third kappa shape index (κ3) is 3.51. The molecule has 152 valence electrons. The SMILES string of the molecule is Cc1cc(C(F)(F)F)cc(O)c1-c1cc2c(nn1)N(C1CC(C)(O)C1)CC2.Cl. The van der Waals surface area contributed by atoms with E-state index in [2.05, 4.69) is 15.1 Å². The zero-order valence-corrected chi connectivity index (χ0v) is 16.2. The molecular weight excluding hydrogens is 395 g/mol. The van der Waals surface area contributed by atoms with Crippen LogP contribution in [0.3, 0.4) is 0 Å². The lowest BCUT2D eigenvalue weighted by Gasteiger charge is -2.46. The number of hydrogen-bond donors (Lipinski definition) is 2. The third-order valence-corrected chi connectivity index (χ3v) is 5.43. The number of rotatable bonds is 2. The summed E-state index contributed by atoms with van der Waals surface area (Å²) in [6, 6.07) is 3.74. The lowest BCUT2D eigenvalue weighted by molar-refractivity contribution is -0.137. The summed E-state index contributed by atoms with van der Waals surface area (Å²) in [6.07, 6.45) is -2.42. The van der Waals surface area contributed by atoms with Crippen LogP contribution in [0.4, 0.5) is 19.0 Å². The summed E-state index contributed by atoms with van der Waals surface area (Å²) in [5.74, 6) is 0.296. The van der Waals surface area contributed by atoms with Crippen molar-refractivity contribution in [3.8, 4) is 17.0 Å². The van der Waals surface area contributed by atoms with Crippen molar-refractivity contribution in [2.24, 2.45) is 0 Å². The van der Waals surface area contributed by atoms with E-state index in [4.69, 9.17) is 0 Å². The smallest absolute Gasteiger partial charge is 0.416 e. The second kappa shape index (κ2) is 6.77. The maximum Gasteiger partial charge on any atom is 0.416 e. The van der Waals surface area contributed by atoms with Crippen LogP contribution in [0.5, 0.6) is 5.75 Å². The molecule has 0 atom stereocenters. The Hall–Kier alpha value is -2.06. The number of fused-ring (bicyclic) bond motifs is 1. The largest absolute Gasteiger partial charge is 0.507 e. The number of alkyl halides is 3. The number of aromatic hydroxyl groups is 1. The Morgan fingerprint density at radius 1 is 1.18 bits per heavy atom. The summed E-state index contributed by atoms with van der Waals surface area (Å²) in [5, 5.41) is 28.6. The van der Waals surface area contributed by atoms with Crippen molar-refractivity contribution in [1.82, 2.24) is 10.2 Å². The Balaban J connectivity index is 0.00000225. The van der Waals surface area contributed by atoms with E-state index in [9.17, 15) is 23.4 Å². The average Bonchev–Trinajstić information content (AvgIpc) is 2.94. The predicted octanol–water partition coefficient (Wildman–Crippen LogP) is 3.87. The van der Waals surface area contributed by atoms with Crippen molar-refractivity contribution in [2.45, 2.75) is 50.9 Å². The number of phenols is 1. The molecule has 0 saturated heterocycles. The minimum Gasteiger partial charge on any atom is -0.507 e. The first-order valence-electron chi connectivity index (χ1n) is 8.82. The van der Waals surface area contributed by atoms with Crippen LogP contribution in [0.2, 0.25) is 0 Å². The molecule has 2 aromatic rings. The Bertz CT molecular complexity index is 887. The summed E-state index contributed by atoms with van der Waals surface area (Å²) < 4.78 is 38.7. The van der Waals surface area contributed by atoms with Crippen molar-refractivity contribution in [1.29, 1.82) is 0 Å². The van der Waals surface area contributed by atoms with E-state index in [1.807, 2.05) is 6.92 Å². The minimum atomic E-state index is -4.52. The molecule has 2 heterocycles. The first-order valence-corrected chi connectivity index (χ1v) is 8.82. The quantitative estimate of drug-likeness (QED) is 0.779. The fourth-order valence-corrected chi connectivity index (χ4v) is 4.12. The van der Waals surface area contributed by atoms with E-state index in [0.717, 1.165) is 36.5 Å². The van der Waals surface area contributed by atoms with E-state index in [0.29, 0.717) is 24.1 Å². The van der Waals surface area contributed by atoms with Crippen molar-refractivity contribution >= 4 is 18.2 Å². The molecule has 0 spiro atoms. The van der Waals surface area contributed by atoms with Gasteiger partial charge >= 0.3 is 6.18 Å². The normalized spacial score (nSPS) is 23.8. The molecule has 1 aliphatic carbocycles. The molecule has 1 aliphatic heterocycles. The predicted molar refractivity (Wildman–Crippen MR) is 101 cm³/mol. The van der Waals surface area contributed by atoms with Crippen LogP contribution in [0.25, 0.3) is 11.3 Å². The number of benzene rings is 1. The highest BCUT2D eigenvalue weighted by atomic mass is 35.5. The van der Waals surface area contributed by atoms with Gasteiger partial charge in [-0.05, 0) is 56.9 Å². The van der Waals surface area contributed by atoms with Crippen molar-refractivity contribution in [3.63, 3.8) is 0 Å². The van der Waals surface area contributed by atoms with Gasteiger partial charge in [-0.3, -0.25) is 0 Å². The number of hydrogen-bond acceptors (Lipinski definition) is 5. The first kappa shape index (κ1) is 20.7. The Labute approximate surface area is 166 Å². The summed E-state index contributed by atoms with van der Waals surface area (Å²) in [5.41, 5.74) is 0.345. The number of nitrogens with zero attached hydrogens (tertiary/aromatic N) is 3. The van der Waals surface area contributed by atoms with Gasteiger partial charge in [-0.25, -0.2) is 0 Å². The zero-order valence-electron chi connectivity index (χ0n) is 15.4. The molecular formula is C19H21ClF3N3O2. The van der Waals surface area contributed by atoms with Gasteiger partial charge in [0.1, 0.15) is 5.75 Å². The molecule has 9 heteroatoms. The van der Waals surface area contributed by atoms with Gasteiger partial charge in [0.05, 0.1) is 16.9 Å². The lowest BCUT2D eigenvalue weighted by atomic mass is 9.76. The number of phenolic OH excluding ortho intramolecular Hbond substituents is 1. The molecule has 0 radical (unpaired) electrons. The Morgan fingerprint density at radius 2 is 1.86 bits per heavy atom.